The molecule has 3 aliphatic rings. The minimum Gasteiger partial charge on any atom is -0.380 e. The van der Waals surface area contributed by atoms with Crippen LogP contribution < -0.4 is 21.0 Å². The average Bonchev–Trinajstić information content (AvgIpc) is 3.61. The summed E-state index contributed by atoms with van der Waals surface area (Å²) in [5, 5.41) is 4.11. The molecule has 0 radical (unpaired) electrons. The number of aromatic nitrogens is 2. The van der Waals surface area contributed by atoms with Gasteiger partial charge in [-0.2, -0.15) is 5.10 Å². The highest BCUT2D eigenvalue weighted by atomic mass is 127. The number of hydrogen-bond donors (Lipinski definition) is 2. The highest BCUT2D eigenvalue weighted by Crippen LogP contribution is 2.54. The molecule has 0 atom stereocenters. The van der Waals surface area contributed by atoms with Crippen molar-refractivity contribution < 1.29 is 13.6 Å². The smallest absolute Gasteiger partial charge is 0.273 e. The molecule has 1 amide bonds. The molecule has 2 aliphatic heterocycles. The zero-order valence-electron chi connectivity index (χ0n) is 20.2. The van der Waals surface area contributed by atoms with E-state index in [1.54, 1.807) is 17.9 Å². The minimum atomic E-state index is -2.66. The van der Waals surface area contributed by atoms with Crippen LogP contribution in [0.25, 0.3) is 0 Å². The van der Waals surface area contributed by atoms with Crippen LogP contribution in [0.5, 0.6) is 0 Å². The third kappa shape index (κ3) is 5.55. The second-order valence-corrected chi connectivity index (χ2v) is 11.4. The molecule has 0 bridgehead atoms. The van der Waals surface area contributed by atoms with Gasteiger partial charge in [-0.25, -0.2) is 24.2 Å². The topological polar surface area (TPSA) is 99.7 Å². The lowest BCUT2D eigenvalue weighted by atomic mass is 9.93. The first-order valence-electron chi connectivity index (χ1n) is 12.3. The quantitative estimate of drug-likeness (QED) is 0.230. The second kappa shape index (κ2) is 9.71. The predicted molar refractivity (Wildman–Crippen MR) is 144 cm³/mol. The molecule has 1 saturated carbocycles. The summed E-state index contributed by atoms with van der Waals surface area (Å²) >= 11 is 2.26. The monoisotopic (exact) mass is 609 g/mol. The average molecular weight is 609 g/mol. The Morgan fingerprint density at radius 1 is 1.03 bits per heavy atom. The van der Waals surface area contributed by atoms with Crippen molar-refractivity contribution in [3.63, 3.8) is 0 Å². The first-order valence-corrected chi connectivity index (χ1v) is 13.4. The normalized spacial score (nSPS) is 20.9. The van der Waals surface area contributed by atoms with Crippen molar-refractivity contribution in [2.45, 2.75) is 51.4 Å². The van der Waals surface area contributed by atoms with E-state index in [9.17, 15) is 13.6 Å². The highest BCUT2D eigenvalue weighted by Gasteiger charge is 2.44. The van der Waals surface area contributed by atoms with Crippen LogP contribution in [-0.2, 0) is 0 Å². The molecule has 11 heteroatoms. The van der Waals surface area contributed by atoms with Crippen molar-refractivity contribution in [2.24, 2.45) is 16.3 Å². The molecule has 1 aromatic heterocycles. The number of halogens is 3. The van der Waals surface area contributed by atoms with Gasteiger partial charge in [-0.3, -0.25) is 4.79 Å². The van der Waals surface area contributed by atoms with Gasteiger partial charge in [-0.15, -0.1) is 0 Å². The van der Waals surface area contributed by atoms with Crippen molar-refractivity contribution in [3.8, 4) is 0 Å². The summed E-state index contributed by atoms with van der Waals surface area (Å²) in [5.74, 6) is -2.64. The van der Waals surface area contributed by atoms with Crippen LogP contribution in [0.2, 0.25) is 0 Å². The fourth-order valence-electron chi connectivity index (χ4n) is 4.95. The van der Waals surface area contributed by atoms with Crippen LogP contribution in [0.1, 0.15) is 60.3 Å². The van der Waals surface area contributed by atoms with Gasteiger partial charge < -0.3 is 15.5 Å². The molecule has 2 aromatic rings. The number of alkyl halides is 2. The van der Waals surface area contributed by atoms with Gasteiger partial charge in [0, 0.05) is 48.3 Å². The van der Waals surface area contributed by atoms with Crippen molar-refractivity contribution in [2.75, 3.05) is 36.0 Å². The Morgan fingerprint density at radius 3 is 2.36 bits per heavy atom. The van der Waals surface area contributed by atoms with E-state index in [0.29, 0.717) is 28.3 Å². The molecule has 8 nitrogen and oxygen atoms in total. The number of aryl methyl sites for hydroxylation is 1. The summed E-state index contributed by atoms with van der Waals surface area (Å²) in [6.45, 7) is 3.99. The number of carbonyl (C=O) groups excluding carboxylic acids is 1. The lowest BCUT2D eigenvalue weighted by molar-refractivity contribution is -0.0222. The van der Waals surface area contributed by atoms with Crippen molar-refractivity contribution >= 4 is 46.0 Å². The lowest BCUT2D eigenvalue weighted by Crippen LogP contribution is -2.40. The highest BCUT2D eigenvalue weighted by molar-refractivity contribution is 14.1. The maximum Gasteiger partial charge on any atom is 0.273 e. The number of piperidine rings is 2. The van der Waals surface area contributed by atoms with Gasteiger partial charge in [0.05, 0.1) is 11.3 Å². The molecule has 5 rings (SSSR count). The third-order valence-electron chi connectivity index (χ3n) is 7.49. The maximum absolute atomic E-state index is 13.6. The number of anilines is 2. The summed E-state index contributed by atoms with van der Waals surface area (Å²) in [7, 11) is 0. The van der Waals surface area contributed by atoms with Crippen molar-refractivity contribution in [3.05, 3.63) is 44.8 Å². The Hall–Kier alpha value is -2.57. The van der Waals surface area contributed by atoms with Gasteiger partial charge in [-0.05, 0) is 84.9 Å². The maximum atomic E-state index is 13.6. The van der Waals surface area contributed by atoms with E-state index < -0.39 is 5.92 Å². The molecule has 0 unspecified atom stereocenters. The predicted octanol–water partition coefficient (Wildman–Crippen LogP) is 4.06. The molecule has 1 aromatic carbocycles. The lowest BCUT2D eigenvalue weighted by Gasteiger charge is -2.34. The van der Waals surface area contributed by atoms with Gasteiger partial charge in [0.15, 0.2) is 5.84 Å². The number of carbonyl (C=O) groups is 1. The molecule has 1 aliphatic carbocycles. The number of nitrogens with two attached hydrogens (primary N) is 1. The summed E-state index contributed by atoms with van der Waals surface area (Å²) < 4.78 is 28.2. The molecule has 3 N–H and O–H groups in total. The molecule has 2 saturated heterocycles. The molecule has 3 fully saturated rings. The van der Waals surface area contributed by atoms with Gasteiger partial charge in [0.2, 0.25) is 5.95 Å². The number of rotatable bonds is 5. The third-order valence-corrected chi connectivity index (χ3v) is 8.16. The summed E-state index contributed by atoms with van der Waals surface area (Å²) in [6, 6.07) is 7.42. The van der Waals surface area contributed by atoms with E-state index >= 15 is 0 Å². The van der Waals surface area contributed by atoms with E-state index in [2.05, 4.69) is 48.0 Å². The second-order valence-electron chi connectivity index (χ2n) is 10.1. The number of amides is 1. The largest absolute Gasteiger partial charge is 0.380 e. The zero-order chi connectivity index (χ0) is 25.5. The first-order chi connectivity index (χ1) is 17.1. The molecule has 1 spiro atoms. The van der Waals surface area contributed by atoms with E-state index in [1.807, 2.05) is 18.2 Å². The number of hydrogen-bond acceptors (Lipinski definition) is 6. The summed E-state index contributed by atoms with van der Waals surface area (Å²) in [5.41, 5.74) is 11.7. The summed E-state index contributed by atoms with van der Waals surface area (Å²) in [6.07, 6.45) is 4.49. The van der Waals surface area contributed by atoms with Crippen molar-refractivity contribution in [1.29, 1.82) is 0 Å². The molecule has 36 heavy (non-hydrogen) atoms. The number of nitrogens with one attached hydrogen (secondary N) is 1. The van der Waals surface area contributed by atoms with Gasteiger partial charge in [0.25, 0.3) is 11.8 Å². The fourth-order valence-corrected chi connectivity index (χ4v) is 5.42. The minimum absolute atomic E-state index is 0.0261. The molecule has 192 valence electrons. The first kappa shape index (κ1) is 25.1. The van der Waals surface area contributed by atoms with E-state index in [1.165, 1.54) is 12.8 Å². The summed E-state index contributed by atoms with van der Waals surface area (Å²) in [4.78, 5) is 25.9. The van der Waals surface area contributed by atoms with Crippen LogP contribution in [-0.4, -0.2) is 53.8 Å². The Kier molecular flexibility index (Phi) is 6.77. The van der Waals surface area contributed by atoms with Gasteiger partial charge in [-0.1, -0.05) is 0 Å². The van der Waals surface area contributed by atoms with E-state index in [4.69, 9.17) is 5.73 Å². The number of amidine groups is 1. The van der Waals surface area contributed by atoms with E-state index in [-0.39, 0.29) is 37.7 Å². The Bertz CT molecular complexity index is 1180. The van der Waals surface area contributed by atoms with Crippen LogP contribution in [0.3, 0.4) is 0 Å². The number of benzene rings is 1. The van der Waals surface area contributed by atoms with E-state index in [0.717, 1.165) is 35.2 Å². The van der Waals surface area contributed by atoms with Crippen molar-refractivity contribution in [1.82, 2.24) is 15.4 Å². The van der Waals surface area contributed by atoms with Crippen LogP contribution in [0.15, 0.2) is 29.4 Å². The Labute approximate surface area is 222 Å². The number of hydrazone groups is 1. The van der Waals surface area contributed by atoms with Crippen LogP contribution >= 0.6 is 22.6 Å². The van der Waals surface area contributed by atoms with Crippen LogP contribution in [0.4, 0.5) is 20.4 Å². The van der Waals surface area contributed by atoms with Gasteiger partial charge >= 0.3 is 0 Å². The fraction of sp³-hybridized carbons (Fsp3) is 0.520. The molecular formula is C25H30F2IN7O. The van der Waals surface area contributed by atoms with Crippen LogP contribution in [0, 0.1) is 15.9 Å². The Balaban J connectivity index is 1.30. The zero-order valence-corrected chi connectivity index (χ0v) is 22.4. The molecular weight excluding hydrogens is 579 g/mol. The number of nitrogens with zero attached hydrogens (tertiary/aromatic N) is 5. The Morgan fingerprint density at radius 2 is 1.69 bits per heavy atom. The molecule has 3 heterocycles. The SMILES string of the molecule is Cc1cc(C(N)=NNC(=O)c2ccc(I)cc2N2CCC3(CC2)CC3)nc(N2CCC(F)(F)CC2)n1. The van der Waals surface area contributed by atoms with Gasteiger partial charge in [0.1, 0.15) is 5.69 Å². The standard InChI is InChI=1S/C25H30F2IN7O/c1-16-14-19(31-23(30-16)35-12-8-25(26,27)9-13-35)21(29)32-33-22(36)18-3-2-17(28)15-20(18)34-10-6-24(4-5-24)7-11-34/h2-3,14-15H,4-13H2,1H3,(H2,29,32)(H,33,36).